The Bertz CT molecular complexity index is 1170. The Balaban J connectivity index is 1.78. The third-order valence-corrected chi connectivity index (χ3v) is 8.80. The van der Waals surface area contributed by atoms with Gasteiger partial charge < -0.3 is 4.74 Å². The summed E-state index contributed by atoms with van der Waals surface area (Å²) in [5.41, 5.74) is 0.618. The van der Waals surface area contributed by atoms with E-state index in [4.69, 9.17) is 0 Å². The van der Waals surface area contributed by atoms with Crippen LogP contribution in [-0.4, -0.2) is 64.7 Å². The third kappa shape index (κ3) is 4.24. The highest BCUT2D eigenvalue weighted by Gasteiger charge is 2.34. The van der Waals surface area contributed by atoms with Crippen LogP contribution in [0.15, 0.2) is 52.3 Å². The number of benzene rings is 2. The molecule has 0 bridgehead atoms. The molecule has 1 aliphatic rings. The molecule has 11 heteroatoms. The van der Waals surface area contributed by atoms with Crippen molar-refractivity contribution in [2.24, 2.45) is 0 Å². The lowest BCUT2D eigenvalue weighted by atomic mass is 10.1. The molecule has 0 aromatic heterocycles. The highest BCUT2D eigenvalue weighted by Crippen LogP contribution is 2.25. The number of rotatable bonds is 5. The third-order valence-electron chi connectivity index (χ3n) is 4.85. The Morgan fingerprint density at radius 2 is 1.53 bits per heavy atom. The predicted octanol–water partition coefficient (Wildman–Crippen LogP) is 1.62. The normalized spacial score (nSPS) is 16.4. The Morgan fingerprint density at radius 1 is 0.933 bits per heavy atom. The van der Waals surface area contributed by atoms with Crippen LogP contribution in [0.4, 0.5) is 4.39 Å². The number of esters is 1. The first-order valence-corrected chi connectivity index (χ1v) is 11.9. The number of aryl methyl sites for hydroxylation is 1. The lowest BCUT2D eigenvalue weighted by molar-refractivity contribution is 0.0600. The van der Waals surface area contributed by atoms with Crippen molar-refractivity contribution >= 4 is 26.0 Å². The number of ether oxygens (including phenoxy) is 1. The van der Waals surface area contributed by atoms with Crippen LogP contribution in [0.5, 0.6) is 0 Å². The molecule has 0 saturated carbocycles. The van der Waals surface area contributed by atoms with Gasteiger partial charge in [0.2, 0.25) is 20.0 Å². The maximum absolute atomic E-state index is 13.4. The van der Waals surface area contributed by atoms with Crippen molar-refractivity contribution in [3.05, 3.63) is 59.4 Å². The number of carbonyl (C=O) groups excluding carboxylic acids is 1. The van der Waals surface area contributed by atoms with Gasteiger partial charge in [0.05, 0.1) is 22.5 Å². The Hall–Kier alpha value is -2.34. The molecule has 2 aromatic carbocycles. The van der Waals surface area contributed by atoms with E-state index in [9.17, 15) is 26.0 Å². The van der Waals surface area contributed by atoms with Gasteiger partial charge in [-0.2, -0.15) is 8.61 Å². The van der Waals surface area contributed by atoms with E-state index in [0.29, 0.717) is 5.56 Å². The van der Waals surface area contributed by atoms with Gasteiger partial charge in [0.15, 0.2) is 0 Å². The molecule has 0 radical (unpaired) electrons. The number of piperazine rings is 1. The van der Waals surface area contributed by atoms with Crippen molar-refractivity contribution < 1.29 is 30.8 Å². The quantitative estimate of drug-likeness (QED) is 0.634. The SMILES string of the molecule is COC(=O)c1ccc(S(=O)(=O)N2CCN(S(=O)(=O)c3cccc(F)c3)CC2)c(C)c1. The van der Waals surface area contributed by atoms with E-state index in [1.54, 1.807) is 6.92 Å². The van der Waals surface area contributed by atoms with Crippen molar-refractivity contribution in [3.63, 3.8) is 0 Å². The monoisotopic (exact) mass is 456 g/mol. The van der Waals surface area contributed by atoms with Crippen LogP contribution in [0.1, 0.15) is 15.9 Å². The number of halogens is 1. The van der Waals surface area contributed by atoms with Crippen molar-refractivity contribution in [1.82, 2.24) is 8.61 Å². The van der Waals surface area contributed by atoms with Gasteiger partial charge in [-0.3, -0.25) is 0 Å². The van der Waals surface area contributed by atoms with Gasteiger partial charge in [0, 0.05) is 26.2 Å². The Morgan fingerprint density at radius 3 is 2.07 bits per heavy atom. The van der Waals surface area contributed by atoms with Gasteiger partial charge in [-0.25, -0.2) is 26.0 Å². The first-order chi connectivity index (χ1) is 14.1. The Labute approximate surface area is 175 Å². The zero-order valence-electron chi connectivity index (χ0n) is 16.4. The molecule has 0 spiro atoms. The van der Waals surface area contributed by atoms with Crippen molar-refractivity contribution in [3.8, 4) is 0 Å². The molecular weight excluding hydrogens is 435 g/mol. The molecule has 2 aromatic rings. The van der Waals surface area contributed by atoms with Gasteiger partial charge in [0.1, 0.15) is 5.82 Å². The maximum atomic E-state index is 13.4. The minimum absolute atomic E-state index is 0.0385. The molecule has 0 unspecified atom stereocenters. The highest BCUT2D eigenvalue weighted by atomic mass is 32.2. The number of hydrogen-bond donors (Lipinski definition) is 0. The predicted molar refractivity (Wildman–Crippen MR) is 106 cm³/mol. The van der Waals surface area contributed by atoms with Crippen LogP contribution in [0.3, 0.4) is 0 Å². The molecule has 1 saturated heterocycles. The summed E-state index contributed by atoms with van der Waals surface area (Å²) in [7, 11) is -6.57. The lowest BCUT2D eigenvalue weighted by Crippen LogP contribution is -2.50. The molecule has 162 valence electrons. The summed E-state index contributed by atoms with van der Waals surface area (Å²) in [5, 5.41) is 0. The molecule has 3 rings (SSSR count). The molecule has 1 aliphatic heterocycles. The number of sulfonamides is 2. The van der Waals surface area contributed by atoms with E-state index in [1.165, 1.54) is 41.7 Å². The average Bonchev–Trinajstić information content (AvgIpc) is 2.73. The van der Waals surface area contributed by atoms with Crippen LogP contribution < -0.4 is 0 Å². The fraction of sp³-hybridized carbons (Fsp3) is 0.316. The zero-order valence-corrected chi connectivity index (χ0v) is 18.0. The second-order valence-corrected chi connectivity index (χ2v) is 10.6. The topological polar surface area (TPSA) is 101 Å². The number of methoxy groups -OCH3 is 1. The first-order valence-electron chi connectivity index (χ1n) is 9.02. The average molecular weight is 457 g/mol. The van der Waals surface area contributed by atoms with E-state index in [0.717, 1.165) is 16.4 Å². The molecule has 8 nitrogen and oxygen atoms in total. The standard InChI is InChI=1S/C19H21FN2O6S2/c1-14-12-15(19(23)28-2)6-7-18(14)30(26,27)22-10-8-21(9-11-22)29(24,25)17-5-3-4-16(20)13-17/h3-7,12-13H,8-11H2,1-2H3. The van der Waals surface area contributed by atoms with E-state index in [1.807, 2.05) is 0 Å². The van der Waals surface area contributed by atoms with Crippen LogP contribution in [0.2, 0.25) is 0 Å². The van der Waals surface area contributed by atoms with Crippen molar-refractivity contribution in [2.75, 3.05) is 33.3 Å². The molecule has 0 N–H and O–H groups in total. The summed E-state index contributed by atoms with van der Waals surface area (Å²) in [5.74, 6) is -1.23. The summed E-state index contributed by atoms with van der Waals surface area (Å²) in [6.07, 6.45) is 0. The largest absolute Gasteiger partial charge is 0.465 e. The van der Waals surface area contributed by atoms with E-state index < -0.39 is 31.8 Å². The van der Waals surface area contributed by atoms with Gasteiger partial charge in [0.25, 0.3) is 0 Å². The van der Waals surface area contributed by atoms with Gasteiger partial charge in [-0.15, -0.1) is 0 Å². The minimum atomic E-state index is -3.92. The van der Waals surface area contributed by atoms with Gasteiger partial charge in [-0.1, -0.05) is 6.07 Å². The molecule has 0 atom stereocenters. The van der Waals surface area contributed by atoms with Crippen molar-refractivity contribution in [1.29, 1.82) is 0 Å². The molecular formula is C19H21FN2O6S2. The van der Waals surface area contributed by atoms with Gasteiger partial charge >= 0.3 is 5.97 Å². The highest BCUT2D eigenvalue weighted by molar-refractivity contribution is 7.89. The number of carbonyl (C=O) groups is 1. The van der Waals surface area contributed by atoms with Crippen LogP contribution in [0, 0.1) is 12.7 Å². The molecule has 1 heterocycles. The summed E-state index contributed by atoms with van der Waals surface area (Å²) in [6, 6.07) is 8.84. The van der Waals surface area contributed by atoms with Crippen LogP contribution >= 0.6 is 0 Å². The van der Waals surface area contributed by atoms with Crippen LogP contribution in [0.25, 0.3) is 0 Å². The zero-order chi connectivity index (χ0) is 22.1. The minimum Gasteiger partial charge on any atom is -0.465 e. The molecule has 30 heavy (non-hydrogen) atoms. The maximum Gasteiger partial charge on any atom is 0.337 e. The second kappa shape index (κ2) is 8.42. The second-order valence-electron chi connectivity index (χ2n) is 6.74. The first kappa shape index (κ1) is 22.3. The van der Waals surface area contributed by atoms with Crippen LogP contribution in [-0.2, 0) is 24.8 Å². The molecule has 0 aliphatic carbocycles. The molecule has 0 amide bonds. The Kier molecular flexibility index (Phi) is 6.27. The summed E-state index contributed by atoms with van der Waals surface area (Å²) in [4.78, 5) is 11.5. The van der Waals surface area contributed by atoms with E-state index in [2.05, 4.69) is 4.74 Å². The van der Waals surface area contributed by atoms with Crippen molar-refractivity contribution in [2.45, 2.75) is 16.7 Å². The van der Waals surface area contributed by atoms with Gasteiger partial charge in [-0.05, 0) is 48.9 Å². The smallest absolute Gasteiger partial charge is 0.337 e. The number of hydrogen-bond acceptors (Lipinski definition) is 6. The lowest BCUT2D eigenvalue weighted by Gasteiger charge is -2.33. The van der Waals surface area contributed by atoms with E-state index in [-0.39, 0.29) is 41.5 Å². The summed E-state index contributed by atoms with van der Waals surface area (Å²) >= 11 is 0. The number of nitrogens with zero attached hydrogens (tertiary/aromatic N) is 2. The summed E-state index contributed by atoms with van der Waals surface area (Å²) < 4.78 is 71.8. The summed E-state index contributed by atoms with van der Waals surface area (Å²) in [6.45, 7) is 1.36. The van der Waals surface area contributed by atoms with E-state index >= 15 is 0 Å². The molecule has 1 fully saturated rings. The fourth-order valence-corrected chi connectivity index (χ4v) is 6.33. The fourth-order valence-electron chi connectivity index (χ4n) is 3.25.